The summed E-state index contributed by atoms with van der Waals surface area (Å²) >= 11 is 0. The first-order valence-corrected chi connectivity index (χ1v) is 8.66. The number of carbonyl (C=O) groups excluding carboxylic acids is 2. The van der Waals surface area contributed by atoms with E-state index in [1.54, 1.807) is 17.9 Å². The number of hydrogen-bond acceptors (Lipinski definition) is 4. The van der Waals surface area contributed by atoms with Crippen LogP contribution in [0.5, 0.6) is 0 Å². The first-order chi connectivity index (χ1) is 11.4. The van der Waals surface area contributed by atoms with Crippen LogP contribution in [0.3, 0.4) is 0 Å². The molecule has 2 N–H and O–H groups in total. The first-order valence-electron chi connectivity index (χ1n) is 8.66. The Morgan fingerprint density at radius 2 is 2.12 bits per heavy atom. The number of rotatable bonds is 3. The van der Waals surface area contributed by atoms with E-state index in [1.807, 2.05) is 11.8 Å². The van der Waals surface area contributed by atoms with Crippen molar-refractivity contribution < 1.29 is 14.7 Å². The van der Waals surface area contributed by atoms with E-state index >= 15 is 0 Å². The first kappa shape index (κ1) is 17.0. The van der Waals surface area contributed by atoms with Gasteiger partial charge in [-0.2, -0.15) is 5.10 Å². The van der Waals surface area contributed by atoms with Gasteiger partial charge in [-0.1, -0.05) is 0 Å². The van der Waals surface area contributed by atoms with Crippen LogP contribution in [-0.2, 0) is 4.79 Å². The summed E-state index contributed by atoms with van der Waals surface area (Å²) < 4.78 is 0. The summed E-state index contributed by atoms with van der Waals surface area (Å²) in [4.78, 5) is 28.2. The van der Waals surface area contributed by atoms with Gasteiger partial charge in [-0.25, -0.2) is 0 Å². The van der Waals surface area contributed by atoms with Crippen LogP contribution < -0.4 is 0 Å². The highest BCUT2D eigenvalue weighted by Crippen LogP contribution is 2.40. The Hall–Kier alpha value is -1.89. The van der Waals surface area contributed by atoms with Gasteiger partial charge >= 0.3 is 0 Å². The van der Waals surface area contributed by atoms with E-state index in [4.69, 9.17) is 0 Å². The number of likely N-dealkylation sites (tertiary alicyclic amines) is 2. The average molecular weight is 334 g/mol. The maximum Gasteiger partial charge on any atom is 0.274 e. The molecule has 1 aromatic heterocycles. The fourth-order valence-electron chi connectivity index (χ4n) is 3.87. The number of piperidine rings is 2. The molecule has 2 aliphatic rings. The number of aryl methyl sites for hydroxylation is 1. The van der Waals surface area contributed by atoms with Crippen LogP contribution in [0.1, 0.15) is 48.8 Å². The van der Waals surface area contributed by atoms with Crippen LogP contribution in [-0.4, -0.2) is 69.2 Å². The molecule has 0 saturated carbocycles. The second-order valence-electron chi connectivity index (χ2n) is 7.35. The summed E-state index contributed by atoms with van der Waals surface area (Å²) in [5, 5.41) is 16.5. The molecule has 1 atom stereocenters. The highest BCUT2D eigenvalue weighted by atomic mass is 16.3. The van der Waals surface area contributed by atoms with Crippen LogP contribution in [0, 0.1) is 12.3 Å². The summed E-state index contributed by atoms with van der Waals surface area (Å²) in [5.74, 6) is 0.106. The number of amides is 2. The highest BCUT2D eigenvalue weighted by molar-refractivity contribution is 5.92. The van der Waals surface area contributed by atoms with Crippen molar-refractivity contribution in [1.29, 1.82) is 0 Å². The number of nitrogens with one attached hydrogen (secondary N) is 1. The lowest BCUT2D eigenvalue weighted by molar-refractivity contribution is -0.140. The molecular formula is C17H26N4O3. The van der Waals surface area contributed by atoms with Crippen LogP contribution in [0.2, 0.25) is 0 Å². The quantitative estimate of drug-likeness (QED) is 0.861. The molecule has 1 spiro atoms. The third kappa shape index (κ3) is 3.45. The van der Waals surface area contributed by atoms with Crippen molar-refractivity contribution in [3.8, 4) is 0 Å². The monoisotopic (exact) mass is 334 g/mol. The lowest BCUT2D eigenvalue weighted by Crippen LogP contribution is -2.53. The molecule has 2 amide bonds. The van der Waals surface area contributed by atoms with Crippen LogP contribution in [0.25, 0.3) is 0 Å². The van der Waals surface area contributed by atoms with Gasteiger partial charge in [-0.3, -0.25) is 14.7 Å². The molecule has 24 heavy (non-hydrogen) atoms. The number of aromatic amines is 1. The maximum absolute atomic E-state index is 12.5. The second kappa shape index (κ2) is 6.55. The molecule has 2 saturated heterocycles. The smallest absolute Gasteiger partial charge is 0.274 e. The van der Waals surface area contributed by atoms with E-state index in [1.165, 1.54) is 0 Å². The zero-order chi connectivity index (χ0) is 17.3. The van der Waals surface area contributed by atoms with Crippen molar-refractivity contribution >= 4 is 11.8 Å². The van der Waals surface area contributed by atoms with E-state index < -0.39 is 6.10 Å². The van der Waals surface area contributed by atoms with Crippen molar-refractivity contribution in [3.05, 3.63) is 17.5 Å². The summed E-state index contributed by atoms with van der Waals surface area (Å²) in [6, 6.07) is 1.77. The van der Waals surface area contributed by atoms with E-state index in [0.717, 1.165) is 25.0 Å². The SMILES string of the molecule is Cc1cc(C(=O)N2CCC3(CCC(=O)N(CC(C)O)C3)CC2)n[nH]1. The second-order valence-corrected chi connectivity index (χ2v) is 7.35. The minimum absolute atomic E-state index is 0.0260. The zero-order valence-corrected chi connectivity index (χ0v) is 14.4. The maximum atomic E-state index is 12.5. The van der Waals surface area contributed by atoms with Gasteiger partial charge in [-0.05, 0) is 44.6 Å². The topological polar surface area (TPSA) is 89.5 Å². The van der Waals surface area contributed by atoms with Gasteiger partial charge < -0.3 is 14.9 Å². The molecule has 3 heterocycles. The number of nitrogens with zero attached hydrogens (tertiary/aromatic N) is 3. The molecule has 7 heteroatoms. The molecule has 0 radical (unpaired) electrons. The highest BCUT2D eigenvalue weighted by Gasteiger charge is 2.42. The predicted molar refractivity (Wildman–Crippen MR) is 88.4 cm³/mol. The lowest BCUT2D eigenvalue weighted by atomic mass is 9.72. The van der Waals surface area contributed by atoms with Crippen LogP contribution in [0.4, 0.5) is 0 Å². The van der Waals surface area contributed by atoms with E-state index in [9.17, 15) is 14.7 Å². The predicted octanol–water partition coefficient (Wildman–Crippen LogP) is 0.944. The Kier molecular flexibility index (Phi) is 4.62. The van der Waals surface area contributed by atoms with Gasteiger partial charge in [0.1, 0.15) is 5.69 Å². The third-order valence-electron chi connectivity index (χ3n) is 5.27. The number of aliphatic hydroxyl groups is 1. The number of β-amino-alcohol motifs (C(OH)–C–C–N with tert-alkyl or cyclic N) is 1. The zero-order valence-electron chi connectivity index (χ0n) is 14.4. The summed E-state index contributed by atoms with van der Waals surface area (Å²) in [5.41, 5.74) is 1.44. The molecule has 3 rings (SSSR count). The van der Waals surface area contributed by atoms with Crippen LogP contribution in [0.15, 0.2) is 6.07 Å². The molecule has 1 unspecified atom stereocenters. The third-order valence-corrected chi connectivity index (χ3v) is 5.27. The molecular weight excluding hydrogens is 308 g/mol. The van der Waals surface area contributed by atoms with Gasteiger partial charge in [0.05, 0.1) is 6.10 Å². The fourth-order valence-corrected chi connectivity index (χ4v) is 3.87. The molecule has 2 fully saturated rings. The Morgan fingerprint density at radius 1 is 1.42 bits per heavy atom. The van der Waals surface area contributed by atoms with Gasteiger partial charge in [-0.15, -0.1) is 0 Å². The largest absolute Gasteiger partial charge is 0.392 e. The average Bonchev–Trinajstić information content (AvgIpc) is 2.97. The minimum atomic E-state index is -0.506. The lowest BCUT2D eigenvalue weighted by Gasteiger charge is -2.47. The number of aliphatic hydroxyl groups excluding tert-OH is 1. The molecule has 1 aromatic rings. The molecule has 0 aromatic carbocycles. The van der Waals surface area contributed by atoms with Crippen molar-refractivity contribution in [3.63, 3.8) is 0 Å². The van der Waals surface area contributed by atoms with Crippen molar-refractivity contribution in [2.24, 2.45) is 5.41 Å². The van der Waals surface area contributed by atoms with Gasteiger partial charge in [0.25, 0.3) is 5.91 Å². The Bertz CT molecular complexity index is 617. The van der Waals surface area contributed by atoms with Gasteiger partial charge in [0.15, 0.2) is 0 Å². The fraction of sp³-hybridized carbons (Fsp3) is 0.706. The summed E-state index contributed by atoms with van der Waals surface area (Å²) in [7, 11) is 0. The number of hydrogen-bond donors (Lipinski definition) is 2. The summed E-state index contributed by atoms with van der Waals surface area (Å²) in [6.45, 7) is 6.07. The van der Waals surface area contributed by atoms with Gasteiger partial charge in [0, 0.05) is 38.3 Å². The molecule has 7 nitrogen and oxygen atoms in total. The van der Waals surface area contributed by atoms with E-state index in [2.05, 4.69) is 10.2 Å². The van der Waals surface area contributed by atoms with Crippen LogP contribution >= 0.6 is 0 Å². The standard InChI is InChI=1S/C17H26N4O3/c1-12-9-14(19-18-12)16(24)20-7-5-17(6-8-20)4-3-15(23)21(11-17)10-13(2)22/h9,13,22H,3-8,10-11H2,1-2H3,(H,18,19). The Labute approximate surface area is 142 Å². The van der Waals surface area contributed by atoms with E-state index in [0.29, 0.717) is 38.3 Å². The molecule has 132 valence electrons. The minimum Gasteiger partial charge on any atom is -0.392 e. The normalized spacial score (nSPS) is 22.0. The van der Waals surface area contributed by atoms with Crippen molar-refractivity contribution in [2.45, 2.75) is 45.6 Å². The van der Waals surface area contributed by atoms with Crippen molar-refractivity contribution in [2.75, 3.05) is 26.2 Å². The summed E-state index contributed by atoms with van der Waals surface area (Å²) in [6.07, 6.45) is 2.70. The number of aromatic nitrogens is 2. The molecule has 2 aliphatic heterocycles. The molecule has 0 bridgehead atoms. The number of carbonyl (C=O) groups is 2. The Morgan fingerprint density at radius 3 is 2.71 bits per heavy atom. The van der Waals surface area contributed by atoms with Crippen molar-refractivity contribution in [1.82, 2.24) is 20.0 Å². The number of H-pyrrole nitrogens is 1. The van der Waals surface area contributed by atoms with E-state index in [-0.39, 0.29) is 17.2 Å². The van der Waals surface area contributed by atoms with Gasteiger partial charge in [0.2, 0.25) is 5.91 Å². The molecule has 0 aliphatic carbocycles. The Balaban J connectivity index is 1.61.